The molecule has 2 aromatic rings. The lowest BCUT2D eigenvalue weighted by Crippen LogP contribution is -2.39. The molecule has 0 saturated carbocycles. The van der Waals surface area contributed by atoms with Crippen LogP contribution in [0.2, 0.25) is 0 Å². The molecule has 29 heavy (non-hydrogen) atoms. The number of hydrogen-bond donors (Lipinski definition) is 2. The van der Waals surface area contributed by atoms with Crippen LogP contribution in [0.4, 0.5) is 13.9 Å². The van der Waals surface area contributed by atoms with E-state index in [9.17, 15) is 18.4 Å². The molecule has 1 fully saturated rings. The van der Waals surface area contributed by atoms with Gasteiger partial charge in [-0.25, -0.2) is 13.8 Å². The smallest absolute Gasteiger partial charge is 0.270 e. The van der Waals surface area contributed by atoms with E-state index in [0.717, 1.165) is 43.0 Å². The summed E-state index contributed by atoms with van der Waals surface area (Å²) in [6.45, 7) is 4.80. The van der Waals surface area contributed by atoms with Crippen LogP contribution in [0, 0.1) is 11.6 Å². The molecule has 3 rings (SSSR count). The van der Waals surface area contributed by atoms with Gasteiger partial charge in [0, 0.05) is 24.5 Å². The zero-order valence-corrected chi connectivity index (χ0v) is 17.0. The van der Waals surface area contributed by atoms with Gasteiger partial charge < -0.3 is 10.2 Å². The van der Waals surface area contributed by atoms with Crippen molar-refractivity contribution in [3.8, 4) is 0 Å². The average molecular weight is 423 g/mol. The van der Waals surface area contributed by atoms with Crippen LogP contribution in [0.3, 0.4) is 0 Å². The standard InChI is InChI=1S/C20H24F2N4O2S/c1-13-6-2-3-10-26(13)11-5-9-23-18(27)16-12-29-20(24-16)25-19(28)17-14(21)7-4-8-15(17)22/h4,7-8,12-13H,2-3,5-6,9-11H2,1H3,(H,23,27)(H,24,25,28). The lowest BCUT2D eigenvalue weighted by molar-refractivity contribution is 0.0943. The second-order valence-electron chi connectivity index (χ2n) is 7.08. The number of halogens is 2. The van der Waals surface area contributed by atoms with Crippen LogP contribution in [0.5, 0.6) is 0 Å². The van der Waals surface area contributed by atoms with Gasteiger partial charge in [0.25, 0.3) is 11.8 Å². The quantitative estimate of drug-likeness (QED) is 0.668. The van der Waals surface area contributed by atoms with Crippen molar-refractivity contribution in [3.63, 3.8) is 0 Å². The van der Waals surface area contributed by atoms with E-state index in [1.807, 2.05) is 0 Å². The summed E-state index contributed by atoms with van der Waals surface area (Å²) in [7, 11) is 0. The Morgan fingerprint density at radius 2 is 2.00 bits per heavy atom. The number of nitrogens with zero attached hydrogens (tertiary/aromatic N) is 2. The highest BCUT2D eigenvalue weighted by molar-refractivity contribution is 7.14. The first kappa shape index (κ1) is 21.3. The third-order valence-corrected chi connectivity index (χ3v) is 5.75. The summed E-state index contributed by atoms with van der Waals surface area (Å²) in [5.41, 5.74) is -0.522. The highest BCUT2D eigenvalue weighted by Crippen LogP contribution is 2.19. The van der Waals surface area contributed by atoms with Gasteiger partial charge in [0.05, 0.1) is 0 Å². The maximum absolute atomic E-state index is 13.7. The number of likely N-dealkylation sites (tertiary alicyclic amines) is 1. The SMILES string of the molecule is CC1CCCCN1CCCNC(=O)c1csc(NC(=O)c2c(F)cccc2F)n1. The minimum atomic E-state index is -0.958. The van der Waals surface area contributed by atoms with Crippen molar-refractivity contribution in [3.05, 3.63) is 46.5 Å². The largest absolute Gasteiger partial charge is 0.351 e. The van der Waals surface area contributed by atoms with E-state index in [1.54, 1.807) is 0 Å². The maximum atomic E-state index is 13.7. The molecule has 1 aliphatic rings. The molecule has 0 bridgehead atoms. The summed E-state index contributed by atoms with van der Waals surface area (Å²) in [5.74, 6) is -3.21. The van der Waals surface area contributed by atoms with Gasteiger partial charge >= 0.3 is 0 Å². The van der Waals surface area contributed by atoms with Gasteiger partial charge in [-0.15, -0.1) is 11.3 Å². The third-order valence-electron chi connectivity index (χ3n) is 5.00. The van der Waals surface area contributed by atoms with E-state index in [0.29, 0.717) is 12.6 Å². The first-order valence-electron chi connectivity index (χ1n) is 9.69. The maximum Gasteiger partial charge on any atom is 0.270 e. The Kier molecular flexibility index (Phi) is 7.27. The van der Waals surface area contributed by atoms with Crippen LogP contribution in [0.25, 0.3) is 0 Å². The number of piperidine rings is 1. The van der Waals surface area contributed by atoms with Crippen LogP contribution in [-0.2, 0) is 0 Å². The van der Waals surface area contributed by atoms with Gasteiger partial charge in [0.1, 0.15) is 22.9 Å². The second kappa shape index (κ2) is 9.89. The Hall–Kier alpha value is -2.39. The van der Waals surface area contributed by atoms with Crippen LogP contribution in [0.1, 0.15) is 53.5 Å². The molecule has 1 aromatic carbocycles. The molecule has 0 radical (unpaired) electrons. The zero-order chi connectivity index (χ0) is 20.8. The van der Waals surface area contributed by atoms with Crippen molar-refractivity contribution in [1.29, 1.82) is 0 Å². The van der Waals surface area contributed by atoms with Gasteiger partial charge in [-0.1, -0.05) is 12.5 Å². The molecule has 1 aromatic heterocycles. The minimum absolute atomic E-state index is 0.102. The molecule has 2 N–H and O–H groups in total. The molecule has 1 saturated heterocycles. The Balaban J connectivity index is 1.47. The van der Waals surface area contributed by atoms with E-state index in [2.05, 4.69) is 27.4 Å². The number of benzene rings is 1. The predicted molar refractivity (Wildman–Crippen MR) is 108 cm³/mol. The third kappa shape index (κ3) is 5.57. The number of carbonyl (C=O) groups excluding carboxylic acids is 2. The second-order valence-corrected chi connectivity index (χ2v) is 7.94. The highest BCUT2D eigenvalue weighted by Gasteiger charge is 2.20. The molecular formula is C20H24F2N4O2S. The molecule has 1 unspecified atom stereocenters. The Labute approximate surface area is 172 Å². The molecular weight excluding hydrogens is 398 g/mol. The average Bonchev–Trinajstić information content (AvgIpc) is 3.15. The van der Waals surface area contributed by atoms with Crippen LogP contribution in [-0.4, -0.2) is 47.4 Å². The normalized spacial score (nSPS) is 17.1. The van der Waals surface area contributed by atoms with E-state index in [4.69, 9.17) is 0 Å². The Bertz CT molecular complexity index is 854. The zero-order valence-electron chi connectivity index (χ0n) is 16.2. The van der Waals surface area contributed by atoms with Gasteiger partial charge in [0.2, 0.25) is 0 Å². The number of aromatic nitrogens is 1. The van der Waals surface area contributed by atoms with E-state index >= 15 is 0 Å². The molecule has 2 heterocycles. The Morgan fingerprint density at radius 3 is 2.72 bits per heavy atom. The highest BCUT2D eigenvalue weighted by atomic mass is 32.1. The fourth-order valence-corrected chi connectivity index (χ4v) is 4.06. The lowest BCUT2D eigenvalue weighted by Gasteiger charge is -2.33. The summed E-state index contributed by atoms with van der Waals surface area (Å²) in [6.07, 6.45) is 4.56. The van der Waals surface area contributed by atoms with Crippen LogP contribution >= 0.6 is 11.3 Å². The van der Waals surface area contributed by atoms with Crippen molar-refractivity contribution in [2.75, 3.05) is 25.0 Å². The van der Waals surface area contributed by atoms with E-state index in [1.165, 1.54) is 30.7 Å². The summed E-state index contributed by atoms with van der Waals surface area (Å²) in [4.78, 5) is 30.8. The van der Waals surface area contributed by atoms with Crippen LogP contribution in [0.15, 0.2) is 23.6 Å². The topological polar surface area (TPSA) is 74.3 Å². The minimum Gasteiger partial charge on any atom is -0.351 e. The predicted octanol–water partition coefficient (Wildman–Crippen LogP) is 3.67. The van der Waals surface area contributed by atoms with Crippen LogP contribution < -0.4 is 10.6 Å². The van der Waals surface area contributed by atoms with Crippen molar-refractivity contribution in [2.45, 2.75) is 38.6 Å². The van der Waals surface area contributed by atoms with Crippen molar-refractivity contribution in [1.82, 2.24) is 15.2 Å². The number of nitrogens with one attached hydrogen (secondary N) is 2. The summed E-state index contributed by atoms with van der Waals surface area (Å²) in [6, 6.07) is 3.77. The summed E-state index contributed by atoms with van der Waals surface area (Å²) >= 11 is 1.02. The van der Waals surface area contributed by atoms with E-state index in [-0.39, 0.29) is 16.7 Å². The van der Waals surface area contributed by atoms with Crippen molar-refractivity contribution >= 4 is 28.3 Å². The molecule has 2 amide bonds. The molecule has 9 heteroatoms. The number of carbonyl (C=O) groups is 2. The Morgan fingerprint density at radius 1 is 1.24 bits per heavy atom. The monoisotopic (exact) mass is 422 g/mol. The van der Waals surface area contributed by atoms with Gasteiger partial charge in [-0.3, -0.25) is 14.9 Å². The molecule has 0 spiro atoms. The van der Waals surface area contributed by atoms with Crippen molar-refractivity contribution < 1.29 is 18.4 Å². The fraction of sp³-hybridized carbons (Fsp3) is 0.450. The summed E-state index contributed by atoms with van der Waals surface area (Å²) in [5, 5.41) is 6.75. The van der Waals surface area contributed by atoms with Gasteiger partial charge in [0.15, 0.2) is 5.13 Å². The van der Waals surface area contributed by atoms with Gasteiger partial charge in [-0.2, -0.15) is 0 Å². The lowest BCUT2D eigenvalue weighted by atomic mass is 10.0. The molecule has 156 valence electrons. The molecule has 0 aliphatic carbocycles. The number of rotatable bonds is 7. The van der Waals surface area contributed by atoms with Gasteiger partial charge in [-0.05, 0) is 44.9 Å². The number of amides is 2. The molecule has 1 aliphatic heterocycles. The molecule has 6 nitrogen and oxygen atoms in total. The molecule has 1 atom stereocenters. The number of anilines is 1. The first-order chi connectivity index (χ1) is 14.0. The summed E-state index contributed by atoms with van der Waals surface area (Å²) < 4.78 is 27.4. The number of hydrogen-bond acceptors (Lipinski definition) is 5. The van der Waals surface area contributed by atoms with Crippen molar-refractivity contribution in [2.24, 2.45) is 0 Å². The fourth-order valence-electron chi connectivity index (χ4n) is 3.37. The number of thiazole rings is 1. The first-order valence-corrected chi connectivity index (χ1v) is 10.6. The van der Waals surface area contributed by atoms with E-state index < -0.39 is 23.1 Å².